The van der Waals surface area contributed by atoms with Crippen molar-refractivity contribution in [3.8, 4) is 0 Å². The number of anilines is 2. The van der Waals surface area contributed by atoms with Gasteiger partial charge in [-0.15, -0.1) is 0 Å². The van der Waals surface area contributed by atoms with E-state index in [1.165, 1.54) is 0 Å². The number of rotatable bonds is 6. The van der Waals surface area contributed by atoms with Gasteiger partial charge in [0.15, 0.2) is 0 Å². The molecular formula is C22H26BrN5O2. The molecule has 1 aliphatic carbocycles. The average molecular weight is 472 g/mol. The highest BCUT2D eigenvalue weighted by molar-refractivity contribution is 9.10. The maximum atomic E-state index is 12.8. The van der Waals surface area contributed by atoms with E-state index in [4.69, 9.17) is 16.2 Å². The largest absolute Gasteiger partial charge is 0.445 e. The van der Waals surface area contributed by atoms with Crippen LogP contribution in [0.25, 0.3) is 0 Å². The molecule has 1 unspecified atom stereocenters. The number of halogens is 1. The van der Waals surface area contributed by atoms with Crippen LogP contribution in [0.3, 0.4) is 0 Å². The van der Waals surface area contributed by atoms with E-state index in [9.17, 15) is 4.79 Å². The van der Waals surface area contributed by atoms with Crippen molar-refractivity contribution >= 4 is 39.2 Å². The summed E-state index contributed by atoms with van der Waals surface area (Å²) in [4.78, 5) is 19.0. The number of benzene rings is 2. The number of likely N-dealkylation sites (tertiary alicyclic amines) is 1. The molecule has 1 saturated carbocycles. The zero-order valence-corrected chi connectivity index (χ0v) is 18.3. The predicted molar refractivity (Wildman–Crippen MR) is 122 cm³/mol. The molecule has 2 aliphatic rings. The monoisotopic (exact) mass is 471 g/mol. The van der Waals surface area contributed by atoms with E-state index in [1.807, 2.05) is 48.5 Å². The van der Waals surface area contributed by atoms with E-state index in [-0.39, 0.29) is 30.8 Å². The highest BCUT2D eigenvalue weighted by Gasteiger charge is 2.54. The minimum absolute atomic E-state index is 0.179. The number of nitrogen functional groups attached to an aromatic ring is 1. The first-order valence-electron chi connectivity index (χ1n) is 10.0. The van der Waals surface area contributed by atoms with Crippen molar-refractivity contribution in [2.24, 2.45) is 16.1 Å². The minimum Gasteiger partial charge on any atom is -0.445 e. The third-order valence-electron chi connectivity index (χ3n) is 5.79. The van der Waals surface area contributed by atoms with E-state index >= 15 is 0 Å². The van der Waals surface area contributed by atoms with Crippen LogP contribution < -0.4 is 16.8 Å². The summed E-state index contributed by atoms with van der Waals surface area (Å²) in [5.41, 5.74) is 14.9. The first-order valence-corrected chi connectivity index (χ1v) is 10.8. The van der Waals surface area contributed by atoms with Crippen LogP contribution in [-0.4, -0.2) is 36.1 Å². The van der Waals surface area contributed by atoms with Crippen LogP contribution >= 0.6 is 15.9 Å². The van der Waals surface area contributed by atoms with Gasteiger partial charge in [0.05, 0.1) is 17.4 Å². The molecule has 0 aromatic heterocycles. The third-order valence-corrected chi connectivity index (χ3v) is 6.29. The number of amides is 1. The van der Waals surface area contributed by atoms with Gasteiger partial charge in [0.1, 0.15) is 19.1 Å². The number of hydrogen-bond donors (Lipinski definition) is 3. The van der Waals surface area contributed by atoms with Crippen molar-refractivity contribution in [1.29, 1.82) is 0 Å². The molecule has 8 heteroatoms. The molecule has 2 aromatic rings. The van der Waals surface area contributed by atoms with Crippen LogP contribution in [0.5, 0.6) is 0 Å². The van der Waals surface area contributed by atoms with Gasteiger partial charge in [-0.1, -0.05) is 46.3 Å². The Hall–Kier alpha value is -2.74. The van der Waals surface area contributed by atoms with E-state index in [0.717, 1.165) is 35.0 Å². The molecule has 1 spiro atoms. The lowest BCUT2D eigenvalue weighted by molar-refractivity contribution is 0.0977. The van der Waals surface area contributed by atoms with Gasteiger partial charge in [-0.3, -0.25) is 4.90 Å². The fraction of sp³-hybridized carbons (Fsp3) is 0.364. The standard InChI is InChI=1S/C22H26BrN5O2/c23-16-6-7-17(24)18(10-16)26-14-27-20(25)19-11-22(8-9-22)13-28(19)21(29)30-12-15-4-2-1-3-5-15/h1-7,10,19,26H,8-9,11-14,24H2,(H2,25,27). The SMILES string of the molecule is NC(=NCNc1cc(Br)ccc1N)C1CC2(CC2)CN1C(=O)OCc1ccccc1. The normalized spacial score (nSPS) is 19.7. The lowest BCUT2D eigenvalue weighted by Gasteiger charge is -2.23. The second kappa shape index (κ2) is 8.55. The quantitative estimate of drug-likeness (QED) is 0.336. The van der Waals surface area contributed by atoms with Crippen LogP contribution in [0.15, 0.2) is 58.0 Å². The van der Waals surface area contributed by atoms with Gasteiger partial charge < -0.3 is 21.5 Å². The lowest BCUT2D eigenvalue weighted by atomic mass is 10.0. The van der Waals surface area contributed by atoms with Crippen LogP contribution in [0.4, 0.5) is 16.2 Å². The summed E-state index contributed by atoms with van der Waals surface area (Å²) in [6.07, 6.45) is 2.73. The third kappa shape index (κ3) is 4.70. The Labute approximate surface area is 184 Å². The van der Waals surface area contributed by atoms with Crippen molar-refractivity contribution < 1.29 is 9.53 Å². The van der Waals surface area contributed by atoms with Crippen molar-refractivity contribution in [2.45, 2.75) is 31.9 Å². The second-order valence-electron chi connectivity index (χ2n) is 8.04. The van der Waals surface area contributed by atoms with E-state index in [1.54, 1.807) is 4.90 Å². The van der Waals surface area contributed by atoms with E-state index < -0.39 is 0 Å². The number of nitrogens with two attached hydrogens (primary N) is 2. The summed E-state index contributed by atoms with van der Waals surface area (Å²) in [6, 6.07) is 15.0. The molecule has 4 rings (SSSR count). The number of carbonyl (C=O) groups excluding carboxylic acids is 1. The zero-order valence-electron chi connectivity index (χ0n) is 16.7. The highest BCUT2D eigenvalue weighted by atomic mass is 79.9. The summed E-state index contributed by atoms with van der Waals surface area (Å²) < 4.78 is 6.48. The van der Waals surface area contributed by atoms with Crippen molar-refractivity contribution in [3.05, 3.63) is 58.6 Å². The fourth-order valence-electron chi connectivity index (χ4n) is 3.86. The number of carbonyl (C=O) groups is 1. The summed E-state index contributed by atoms with van der Waals surface area (Å²) in [7, 11) is 0. The molecule has 1 heterocycles. The summed E-state index contributed by atoms with van der Waals surface area (Å²) in [5.74, 6) is 0.441. The number of amidine groups is 1. The lowest BCUT2D eigenvalue weighted by Crippen LogP contribution is -2.44. The summed E-state index contributed by atoms with van der Waals surface area (Å²) >= 11 is 3.43. The molecule has 2 aromatic carbocycles. The number of aliphatic imine (C=N–C) groups is 1. The van der Waals surface area contributed by atoms with Gasteiger partial charge in [0.2, 0.25) is 0 Å². The van der Waals surface area contributed by atoms with Gasteiger partial charge in [-0.25, -0.2) is 9.79 Å². The molecule has 1 saturated heterocycles. The maximum Gasteiger partial charge on any atom is 0.410 e. The van der Waals surface area contributed by atoms with Crippen molar-refractivity contribution in [1.82, 2.24) is 4.90 Å². The number of hydrogen-bond acceptors (Lipinski definition) is 5. The van der Waals surface area contributed by atoms with E-state index in [0.29, 0.717) is 18.1 Å². The van der Waals surface area contributed by atoms with Gasteiger partial charge in [-0.2, -0.15) is 0 Å². The summed E-state index contributed by atoms with van der Waals surface area (Å²) in [5, 5.41) is 3.18. The van der Waals surface area contributed by atoms with E-state index in [2.05, 4.69) is 26.2 Å². The molecule has 1 amide bonds. The van der Waals surface area contributed by atoms with Crippen molar-refractivity contribution in [3.63, 3.8) is 0 Å². The van der Waals surface area contributed by atoms with Crippen LogP contribution in [0.2, 0.25) is 0 Å². The molecule has 30 heavy (non-hydrogen) atoms. The Morgan fingerprint density at radius 1 is 1.27 bits per heavy atom. The molecular weight excluding hydrogens is 446 g/mol. The van der Waals surface area contributed by atoms with Gasteiger partial charge in [0, 0.05) is 11.0 Å². The fourth-order valence-corrected chi connectivity index (χ4v) is 4.22. The predicted octanol–water partition coefficient (Wildman–Crippen LogP) is 3.95. The Morgan fingerprint density at radius 3 is 2.77 bits per heavy atom. The number of ether oxygens (including phenoxy) is 1. The molecule has 1 aliphatic heterocycles. The molecule has 158 valence electrons. The topological polar surface area (TPSA) is 106 Å². The highest BCUT2D eigenvalue weighted by Crippen LogP contribution is 2.54. The Morgan fingerprint density at radius 2 is 2.03 bits per heavy atom. The summed E-state index contributed by atoms with van der Waals surface area (Å²) in [6.45, 7) is 1.20. The first-order chi connectivity index (χ1) is 14.5. The molecule has 7 nitrogen and oxygen atoms in total. The molecule has 1 atom stereocenters. The van der Waals surface area contributed by atoms with Crippen molar-refractivity contribution in [2.75, 3.05) is 24.3 Å². The first kappa shape index (κ1) is 20.5. The molecule has 0 radical (unpaired) electrons. The number of nitrogens with one attached hydrogen (secondary N) is 1. The zero-order chi connectivity index (χ0) is 21.1. The van der Waals surface area contributed by atoms with Crippen LogP contribution in [0.1, 0.15) is 24.8 Å². The van der Waals surface area contributed by atoms with Crippen LogP contribution in [0, 0.1) is 5.41 Å². The van der Waals surface area contributed by atoms with Gasteiger partial charge >= 0.3 is 6.09 Å². The minimum atomic E-state index is -0.338. The van der Waals surface area contributed by atoms with Gasteiger partial charge in [-0.05, 0) is 48.4 Å². The van der Waals surface area contributed by atoms with Crippen LogP contribution in [-0.2, 0) is 11.3 Å². The second-order valence-corrected chi connectivity index (χ2v) is 8.95. The Balaban J connectivity index is 1.39. The Kier molecular flexibility index (Phi) is 5.85. The number of nitrogens with zero attached hydrogens (tertiary/aromatic N) is 2. The molecule has 0 bridgehead atoms. The average Bonchev–Trinajstić information content (AvgIpc) is 3.39. The smallest absolute Gasteiger partial charge is 0.410 e. The Bertz CT molecular complexity index is 946. The molecule has 5 N–H and O–H groups in total. The maximum absolute atomic E-state index is 12.8. The molecule has 2 fully saturated rings. The van der Waals surface area contributed by atoms with Gasteiger partial charge in [0.25, 0.3) is 0 Å².